The van der Waals surface area contributed by atoms with Crippen molar-refractivity contribution in [2.75, 3.05) is 11.9 Å². The maximum atomic E-state index is 11.9. The second-order valence-electron chi connectivity index (χ2n) is 4.58. The van der Waals surface area contributed by atoms with Crippen molar-refractivity contribution in [3.05, 3.63) is 24.4 Å². The van der Waals surface area contributed by atoms with Crippen LogP contribution in [0.3, 0.4) is 0 Å². The second kappa shape index (κ2) is 6.29. The van der Waals surface area contributed by atoms with Gasteiger partial charge in [-0.1, -0.05) is 6.07 Å². The number of amides is 2. The molecule has 0 unspecified atom stereocenters. The molecule has 1 aromatic rings. The van der Waals surface area contributed by atoms with Crippen LogP contribution in [0.25, 0.3) is 0 Å². The van der Waals surface area contributed by atoms with E-state index >= 15 is 0 Å². The summed E-state index contributed by atoms with van der Waals surface area (Å²) in [5, 5.41) is 8.45. The zero-order chi connectivity index (χ0) is 13.7. The molecule has 2 amide bonds. The first-order valence-corrected chi connectivity index (χ1v) is 6.42. The van der Waals surface area contributed by atoms with Gasteiger partial charge in [-0.05, 0) is 38.4 Å². The van der Waals surface area contributed by atoms with Gasteiger partial charge in [-0.25, -0.2) is 4.98 Å². The maximum absolute atomic E-state index is 11.9. The topological polar surface area (TPSA) is 83.1 Å². The third-order valence-electron chi connectivity index (χ3n) is 3.05. The van der Waals surface area contributed by atoms with Crippen LogP contribution in [0.15, 0.2) is 24.4 Å². The first kappa shape index (κ1) is 13.5. The third kappa shape index (κ3) is 3.75. The largest absolute Gasteiger partial charge is 0.343 e. The van der Waals surface area contributed by atoms with Crippen molar-refractivity contribution in [3.8, 4) is 0 Å². The van der Waals surface area contributed by atoms with E-state index in [1.807, 2.05) is 0 Å². The number of hydrogen-bond donors (Lipinski definition) is 3. The van der Waals surface area contributed by atoms with Crippen molar-refractivity contribution in [1.82, 2.24) is 15.6 Å². The first-order chi connectivity index (χ1) is 9.16. The molecule has 0 bridgehead atoms. The van der Waals surface area contributed by atoms with Gasteiger partial charge >= 0.3 is 0 Å². The van der Waals surface area contributed by atoms with Crippen molar-refractivity contribution < 1.29 is 9.59 Å². The lowest BCUT2D eigenvalue weighted by atomic mass is 10.2. The van der Waals surface area contributed by atoms with Gasteiger partial charge in [-0.3, -0.25) is 9.59 Å². The van der Waals surface area contributed by atoms with E-state index in [2.05, 4.69) is 20.9 Å². The lowest BCUT2D eigenvalue weighted by Gasteiger charge is -2.16. The zero-order valence-electron chi connectivity index (χ0n) is 10.8. The Kier molecular flexibility index (Phi) is 4.46. The average Bonchev–Trinajstić information content (AvgIpc) is 2.93. The van der Waals surface area contributed by atoms with Crippen LogP contribution in [-0.4, -0.2) is 35.4 Å². The summed E-state index contributed by atoms with van der Waals surface area (Å²) in [6.45, 7) is 2.51. The summed E-state index contributed by atoms with van der Waals surface area (Å²) in [5.74, 6) is 0.0822. The van der Waals surface area contributed by atoms with Crippen LogP contribution in [0.5, 0.6) is 0 Å². The van der Waals surface area contributed by atoms with Crippen molar-refractivity contribution in [3.63, 3.8) is 0 Å². The molecule has 1 fully saturated rings. The summed E-state index contributed by atoms with van der Waals surface area (Å²) in [5.41, 5.74) is 0. The van der Waals surface area contributed by atoms with E-state index in [-0.39, 0.29) is 17.9 Å². The van der Waals surface area contributed by atoms with Crippen LogP contribution >= 0.6 is 0 Å². The van der Waals surface area contributed by atoms with E-state index in [1.165, 1.54) is 0 Å². The van der Waals surface area contributed by atoms with Crippen molar-refractivity contribution in [2.45, 2.75) is 31.8 Å². The van der Waals surface area contributed by atoms with Crippen molar-refractivity contribution in [1.29, 1.82) is 0 Å². The standard InChI is InChI=1S/C13H18N4O2/c1-9(16-13(19)10-5-4-8-14-10)12(18)17-11-6-2-3-7-15-11/h2-3,6-7,9-10,14H,4-5,8H2,1H3,(H,16,19)(H,15,17,18)/t9-,10-/m0/s1. The smallest absolute Gasteiger partial charge is 0.247 e. The molecule has 0 radical (unpaired) electrons. The number of hydrogen-bond acceptors (Lipinski definition) is 4. The molecule has 0 aromatic carbocycles. The Morgan fingerprint density at radius 2 is 2.32 bits per heavy atom. The number of nitrogens with one attached hydrogen (secondary N) is 3. The van der Waals surface area contributed by atoms with Gasteiger partial charge in [0.1, 0.15) is 11.9 Å². The predicted octanol–water partition coefficient (Wildman–Crippen LogP) is 0.277. The highest BCUT2D eigenvalue weighted by Crippen LogP contribution is 2.05. The molecule has 1 aromatic heterocycles. The Labute approximate surface area is 112 Å². The fourth-order valence-corrected chi connectivity index (χ4v) is 1.96. The Hall–Kier alpha value is -1.95. The molecule has 2 atom stereocenters. The highest BCUT2D eigenvalue weighted by atomic mass is 16.2. The third-order valence-corrected chi connectivity index (χ3v) is 3.05. The number of rotatable bonds is 4. The van der Waals surface area contributed by atoms with Crippen LogP contribution in [0.4, 0.5) is 5.82 Å². The summed E-state index contributed by atoms with van der Waals surface area (Å²) in [7, 11) is 0. The Morgan fingerprint density at radius 3 is 2.95 bits per heavy atom. The van der Waals surface area contributed by atoms with E-state index in [1.54, 1.807) is 31.3 Å². The summed E-state index contributed by atoms with van der Waals surface area (Å²) >= 11 is 0. The molecule has 6 heteroatoms. The molecule has 6 nitrogen and oxygen atoms in total. The fourth-order valence-electron chi connectivity index (χ4n) is 1.96. The minimum absolute atomic E-state index is 0.124. The normalized spacial score (nSPS) is 19.7. The second-order valence-corrected chi connectivity index (χ2v) is 4.58. The fraction of sp³-hybridized carbons (Fsp3) is 0.462. The van der Waals surface area contributed by atoms with Gasteiger partial charge in [0.05, 0.1) is 6.04 Å². The van der Waals surface area contributed by atoms with Gasteiger partial charge in [-0.15, -0.1) is 0 Å². The van der Waals surface area contributed by atoms with E-state index in [0.717, 1.165) is 19.4 Å². The maximum Gasteiger partial charge on any atom is 0.247 e. The SMILES string of the molecule is C[C@H](NC(=O)[C@@H]1CCCN1)C(=O)Nc1ccccn1. The van der Waals surface area contributed by atoms with Gasteiger partial charge in [0.2, 0.25) is 11.8 Å². The summed E-state index contributed by atoms with van der Waals surface area (Å²) < 4.78 is 0. The van der Waals surface area contributed by atoms with Gasteiger partial charge < -0.3 is 16.0 Å². The van der Waals surface area contributed by atoms with Gasteiger partial charge in [0.15, 0.2) is 0 Å². The number of anilines is 1. The van der Waals surface area contributed by atoms with E-state index in [4.69, 9.17) is 0 Å². The average molecular weight is 262 g/mol. The number of carbonyl (C=O) groups excluding carboxylic acids is 2. The summed E-state index contributed by atoms with van der Waals surface area (Å²) in [6, 6.07) is 4.49. The molecule has 2 rings (SSSR count). The zero-order valence-corrected chi connectivity index (χ0v) is 10.8. The minimum Gasteiger partial charge on any atom is -0.343 e. The molecule has 0 aliphatic carbocycles. The van der Waals surface area contributed by atoms with Crippen LogP contribution in [0.2, 0.25) is 0 Å². The number of aromatic nitrogens is 1. The molecule has 3 N–H and O–H groups in total. The summed E-state index contributed by atoms with van der Waals surface area (Å²) in [4.78, 5) is 27.7. The Balaban J connectivity index is 1.83. The summed E-state index contributed by atoms with van der Waals surface area (Å²) in [6.07, 6.45) is 3.41. The molecule has 19 heavy (non-hydrogen) atoms. The van der Waals surface area contributed by atoms with Crippen LogP contribution in [0.1, 0.15) is 19.8 Å². The van der Waals surface area contributed by atoms with Crippen molar-refractivity contribution in [2.24, 2.45) is 0 Å². The predicted molar refractivity (Wildman–Crippen MR) is 71.5 cm³/mol. The molecule has 2 heterocycles. The Bertz CT molecular complexity index is 443. The first-order valence-electron chi connectivity index (χ1n) is 6.42. The highest BCUT2D eigenvalue weighted by molar-refractivity contribution is 5.96. The van der Waals surface area contributed by atoms with Gasteiger partial charge in [-0.2, -0.15) is 0 Å². The van der Waals surface area contributed by atoms with Crippen LogP contribution in [0, 0.1) is 0 Å². The lowest BCUT2D eigenvalue weighted by molar-refractivity contribution is -0.127. The monoisotopic (exact) mass is 262 g/mol. The van der Waals surface area contributed by atoms with Crippen LogP contribution in [-0.2, 0) is 9.59 Å². The molecule has 0 saturated carbocycles. The van der Waals surface area contributed by atoms with Gasteiger partial charge in [0, 0.05) is 6.20 Å². The molecule has 0 spiro atoms. The quantitative estimate of drug-likeness (QED) is 0.727. The van der Waals surface area contributed by atoms with Crippen LogP contribution < -0.4 is 16.0 Å². The number of pyridine rings is 1. The van der Waals surface area contributed by atoms with Crippen molar-refractivity contribution >= 4 is 17.6 Å². The molecular formula is C13H18N4O2. The molecular weight excluding hydrogens is 244 g/mol. The van der Waals surface area contributed by atoms with E-state index < -0.39 is 6.04 Å². The minimum atomic E-state index is -0.586. The number of nitrogens with zero attached hydrogens (tertiary/aromatic N) is 1. The number of carbonyl (C=O) groups is 2. The van der Waals surface area contributed by atoms with E-state index in [0.29, 0.717) is 5.82 Å². The highest BCUT2D eigenvalue weighted by Gasteiger charge is 2.25. The Morgan fingerprint density at radius 1 is 1.47 bits per heavy atom. The van der Waals surface area contributed by atoms with Gasteiger partial charge in [0.25, 0.3) is 0 Å². The molecule has 1 aliphatic heterocycles. The molecule has 1 aliphatic rings. The lowest BCUT2D eigenvalue weighted by Crippen LogP contribution is -2.48. The van der Waals surface area contributed by atoms with E-state index in [9.17, 15) is 9.59 Å². The molecule has 102 valence electrons. The molecule has 1 saturated heterocycles.